The maximum atomic E-state index is 13.7. The minimum atomic E-state index is -1.16. The third-order valence-electron chi connectivity index (χ3n) is 4.42. The molecule has 0 saturated carbocycles. The fraction of sp³-hybridized carbons (Fsp3) is 0.300. The minimum absolute atomic E-state index is 0.00193. The summed E-state index contributed by atoms with van der Waals surface area (Å²) >= 11 is 0. The van der Waals surface area contributed by atoms with E-state index in [0.717, 1.165) is 12.8 Å². The Kier molecular flexibility index (Phi) is 6.20. The van der Waals surface area contributed by atoms with Crippen LogP contribution in [0.4, 0.5) is 8.78 Å². The largest absolute Gasteiger partial charge is 0.507 e. The zero-order valence-corrected chi connectivity index (χ0v) is 15.0. The maximum Gasteiger partial charge on any atom is 0.258 e. The number of halogens is 2. The Bertz CT molecular complexity index is 859. The van der Waals surface area contributed by atoms with Crippen molar-refractivity contribution in [2.75, 3.05) is 13.2 Å². The zero-order chi connectivity index (χ0) is 20.1. The maximum absolute atomic E-state index is 13.7. The second-order valence-electron chi connectivity index (χ2n) is 6.51. The summed E-state index contributed by atoms with van der Waals surface area (Å²) in [5, 5.41) is 14.9. The Hall–Kier alpha value is -3.00. The second kappa shape index (κ2) is 8.79. The van der Waals surface area contributed by atoms with Gasteiger partial charge in [0.25, 0.3) is 11.8 Å². The highest BCUT2D eigenvalue weighted by molar-refractivity contribution is 5.97. The van der Waals surface area contributed by atoms with Gasteiger partial charge in [-0.3, -0.25) is 9.59 Å². The van der Waals surface area contributed by atoms with Gasteiger partial charge in [-0.2, -0.15) is 0 Å². The number of benzene rings is 2. The summed E-state index contributed by atoms with van der Waals surface area (Å²) in [6.07, 6.45) is 1.93. The first-order chi connectivity index (χ1) is 13.4. The Morgan fingerprint density at radius 2 is 1.96 bits per heavy atom. The number of phenols is 1. The van der Waals surface area contributed by atoms with Crippen LogP contribution in [0.25, 0.3) is 0 Å². The third kappa shape index (κ3) is 4.83. The van der Waals surface area contributed by atoms with E-state index in [0.29, 0.717) is 36.4 Å². The highest BCUT2D eigenvalue weighted by Crippen LogP contribution is 2.22. The number of carbonyl (C=O) groups is 2. The van der Waals surface area contributed by atoms with Crippen LogP contribution in [-0.2, 0) is 11.3 Å². The monoisotopic (exact) mass is 390 g/mol. The van der Waals surface area contributed by atoms with Gasteiger partial charge in [0.15, 0.2) is 0 Å². The lowest BCUT2D eigenvalue weighted by atomic mass is 10.1. The number of hydrogen-bond acceptors (Lipinski definition) is 4. The molecular weight excluding hydrogens is 370 g/mol. The number of rotatable bonds is 6. The number of nitrogens with one attached hydrogen (secondary N) is 2. The number of amides is 2. The summed E-state index contributed by atoms with van der Waals surface area (Å²) in [5.74, 6) is -4.06. The topological polar surface area (TPSA) is 87.7 Å². The quantitative estimate of drug-likeness (QED) is 0.707. The summed E-state index contributed by atoms with van der Waals surface area (Å²) in [7, 11) is 0. The highest BCUT2D eigenvalue weighted by atomic mass is 19.1. The number of aromatic hydroxyl groups is 1. The van der Waals surface area contributed by atoms with Crippen LogP contribution in [0, 0.1) is 11.6 Å². The van der Waals surface area contributed by atoms with E-state index < -0.39 is 28.9 Å². The van der Waals surface area contributed by atoms with Crippen molar-refractivity contribution in [3.05, 3.63) is 64.7 Å². The van der Waals surface area contributed by atoms with Gasteiger partial charge in [0, 0.05) is 37.4 Å². The molecule has 2 aromatic carbocycles. The Balaban J connectivity index is 1.60. The molecule has 1 fully saturated rings. The molecule has 0 spiro atoms. The normalized spacial score (nSPS) is 16.0. The van der Waals surface area contributed by atoms with E-state index in [1.165, 1.54) is 0 Å². The first kappa shape index (κ1) is 19.8. The molecule has 1 aliphatic heterocycles. The van der Waals surface area contributed by atoms with Gasteiger partial charge in [-0.05, 0) is 30.5 Å². The Morgan fingerprint density at radius 3 is 2.68 bits per heavy atom. The average molecular weight is 390 g/mol. The molecule has 148 valence electrons. The van der Waals surface area contributed by atoms with Gasteiger partial charge in [0.05, 0.1) is 6.10 Å². The number of phenolic OH excluding ortho intramolecular Hbond substituents is 1. The second-order valence-corrected chi connectivity index (χ2v) is 6.51. The summed E-state index contributed by atoms with van der Waals surface area (Å²) in [5.41, 5.74) is 0.396. The van der Waals surface area contributed by atoms with Gasteiger partial charge in [-0.15, -0.1) is 0 Å². The first-order valence-corrected chi connectivity index (χ1v) is 8.89. The van der Waals surface area contributed by atoms with Crippen LogP contribution in [0.1, 0.15) is 39.1 Å². The molecule has 0 bridgehead atoms. The number of carbonyl (C=O) groups excluding carboxylic acids is 2. The van der Waals surface area contributed by atoms with Gasteiger partial charge in [0.1, 0.15) is 22.9 Å². The van der Waals surface area contributed by atoms with E-state index in [1.807, 2.05) is 0 Å². The molecule has 3 rings (SSSR count). The SMILES string of the molecule is O=C(NCC1CCCO1)c1cccc(CNC(=O)c2c(O)cc(F)cc2F)c1. The molecule has 3 N–H and O–H groups in total. The molecule has 28 heavy (non-hydrogen) atoms. The van der Waals surface area contributed by atoms with Gasteiger partial charge in [-0.25, -0.2) is 8.78 Å². The predicted molar refractivity (Wildman–Crippen MR) is 96.9 cm³/mol. The molecular formula is C20H20F2N2O4. The smallest absolute Gasteiger partial charge is 0.258 e. The van der Waals surface area contributed by atoms with Crippen molar-refractivity contribution in [1.82, 2.24) is 10.6 Å². The van der Waals surface area contributed by atoms with Crippen LogP contribution in [0.3, 0.4) is 0 Å². The molecule has 2 amide bonds. The fourth-order valence-electron chi connectivity index (χ4n) is 2.99. The Labute approximate surface area is 160 Å². The van der Waals surface area contributed by atoms with Crippen LogP contribution in [0.15, 0.2) is 36.4 Å². The standard InChI is InChI=1S/C20H20F2N2O4/c21-14-8-16(22)18(17(25)9-14)20(27)23-10-12-3-1-4-13(7-12)19(26)24-11-15-5-2-6-28-15/h1,3-4,7-9,15,25H,2,5-6,10-11H2,(H,23,27)(H,24,26). The van der Waals surface area contributed by atoms with E-state index in [9.17, 15) is 23.5 Å². The summed E-state index contributed by atoms with van der Waals surface area (Å²) in [6, 6.07) is 7.79. The van der Waals surface area contributed by atoms with Crippen molar-refractivity contribution in [1.29, 1.82) is 0 Å². The van der Waals surface area contributed by atoms with Crippen molar-refractivity contribution in [2.24, 2.45) is 0 Å². The Morgan fingerprint density at radius 1 is 1.14 bits per heavy atom. The number of hydrogen-bond donors (Lipinski definition) is 3. The van der Waals surface area contributed by atoms with Crippen LogP contribution in [-0.4, -0.2) is 36.2 Å². The molecule has 2 aromatic rings. The molecule has 0 aromatic heterocycles. The van der Waals surface area contributed by atoms with Crippen molar-refractivity contribution >= 4 is 11.8 Å². The molecule has 1 heterocycles. The third-order valence-corrected chi connectivity index (χ3v) is 4.42. The zero-order valence-electron chi connectivity index (χ0n) is 15.0. The van der Waals surface area contributed by atoms with Gasteiger partial charge in [0.2, 0.25) is 0 Å². The molecule has 1 atom stereocenters. The van der Waals surface area contributed by atoms with Crippen molar-refractivity contribution in [3.63, 3.8) is 0 Å². The lowest BCUT2D eigenvalue weighted by Crippen LogP contribution is -2.31. The van der Waals surface area contributed by atoms with E-state index >= 15 is 0 Å². The predicted octanol–water partition coefficient (Wildman–Crippen LogP) is 2.51. The van der Waals surface area contributed by atoms with Crippen molar-refractivity contribution in [2.45, 2.75) is 25.5 Å². The lowest BCUT2D eigenvalue weighted by molar-refractivity contribution is 0.0857. The summed E-state index contributed by atoms with van der Waals surface area (Å²) < 4.78 is 32.2. The average Bonchev–Trinajstić information content (AvgIpc) is 3.17. The van der Waals surface area contributed by atoms with Gasteiger partial charge >= 0.3 is 0 Å². The van der Waals surface area contributed by atoms with E-state index in [1.54, 1.807) is 24.3 Å². The first-order valence-electron chi connectivity index (χ1n) is 8.89. The van der Waals surface area contributed by atoms with Gasteiger partial charge < -0.3 is 20.5 Å². The molecule has 1 unspecified atom stereocenters. The van der Waals surface area contributed by atoms with Crippen molar-refractivity contribution < 1.29 is 28.2 Å². The lowest BCUT2D eigenvalue weighted by Gasteiger charge is -2.12. The van der Waals surface area contributed by atoms with E-state index in [-0.39, 0.29) is 18.6 Å². The molecule has 8 heteroatoms. The van der Waals surface area contributed by atoms with E-state index in [2.05, 4.69) is 10.6 Å². The molecule has 6 nitrogen and oxygen atoms in total. The molecule has 1 aliphatic rings. The highest BCUT2D eigenvalue weighted by Gasteiger charge is 2.19. The van der Waals surface area contributed by atoms with Crippen LogP contribution in [0.5, 0.6) is 5.75 Å². The fourth-order valence-corrected chi connectivity index (χ4v) is 2.99. The van der Waals surface area contributed by atoms with Gasteiger partial charge in [-0.1, -0.05) is 12.1 Å². The minimum Gasteiger partial charge on any atom is -0.507 e. The molecule has 0 radical (unpaired) electrons. The number of ether oxygens (including phenoxy) is 1. The van der Waals surface area contributed by atoms with Crippen LogP contribution < -0.4 is 10.6 Å². The van der Waals surface area contributed by atoms with Crippen LogP contribution in [0.2, 0.25) is 0 Å². The summed E-state index contributed by atoms with van der Waals surface area (Å²) in [4.78, 5) is 24.4. The van der Waals surface area contributed by atoms with Crippen molar-refractivity contribution in [3.8, 4) is 5.75 Å². The van der Waals surface area contributed by atoms with Crippen LogP contribution >= 0.6 is 0 Å². The van der Waals surface area contributed by atoms with E-state index in [4.69, 9.17) is 4.74 Å². The summed E-state index contributed by atoms with van der Waals surface area (Å²) in [6.45, 7) is 1.14. The molecule has 1 saturated heterocycles. The molecule has 0 aliphatic carbocycles.